The second-order valence-electron chi connectivity index (χ2n) is 8.85. The van der Waals surface area contributed by atoms with Gasteiger partial charge in [0.15, 0.2) is 23.8 Å². The first-order valence-electron chi connectivity index (χ1n) is 11.5. The average molecular weight is 568 g/mol. The minimum absolute atomic E-state index is 0.0234. The summed E-state index contributed by atoms with van der Waals surface area (Å²) in [6.07, 6.45) is -6.25. The zero-order chi connectivity index (χ0) is 28.7. The van der Waals surface area contributed by atoms with Gasteiger partial charge in [-0.05, 0) is 52.6 Å². The molecule has 0 aromatic heterocycles. The molecule has 0 fully saturated rings. The first-order valence-corrected chi connectivity index (χ1v) is 11.8. The molecule has 1 aliphatic rings. The molecule has 1 amide bonds. The molecule has 39 heavy (non-hydrogen) atoms. The molecule has 2 unspecified atom stereocenters. The van der Waals surface area contributed by atoms with E-state index in [1.807, 2.05) is 0 Å². The maximum absolute atomic E-state index is 14.5. The molecule has 1 aliphatic heterocycles. The molecule has 0 radical (unpaired) electrons. The van der Waals surface area contributed by atoms with E-state index < -0.39 is 41.1 Å². The quantitative estimate of drug-likeness (QED) is 0.224. The van der Waals surface area contributed by atoms with Gasteiger partial charge < -0.3 is 24.2 Å². The molecule has 1 N–H and O–H groups in total. The molecule has 0 saturated heterocycles. The number of methoxy groups -OCH3 is 1. The van der Waals surface area contributed by atoms with Crippen LogP contribution < -0.4 is 14.4 Å². The first kappa shape index (κ1) is 28.2. The van der Waals surface area contributed by atoms with Crippen molar-refractivity contribution in [3.63, 3.8) is 0 Å². The number of carbonyl (C=O) groups is 2. The number of likely N-dealkylation sites (N-methyl/N-ethyl adjacent to an activating group) is 1. The lowest BCUT2D eigenvalue weighted by Gasteiger charge is -2.38. The number of anilines is 1. The van der Waals surface area contributed by atoms with Gasteiger partial charge in [-0.25, -0.2) is 9.18 Å². The van der Waals surface area contributed by atoms with E-state index in [0.29, 0.717) is 11.1 Å². The van der Waals surface area contributed by atoms with Crippen LogP contribution in [-0.2, 0) is 15.1 Å². The normalized spacial score (nSPS) is 15.6. The minimum Gasteiger partial charge on any atom is -0.482 e. The lowest BCUT2D eigenvalue weighted by Crippen LogP contribution is -2.47. The summed E-state index contributed by atoms with van der Waals surface area (Å²) in [5.74, 6) is -3.10. The second-order valence-corrected chi connectivity index (χ2v) is 9.25. The molecule has 7 nitrogen and oxygen atoms in total. The minimum atomic E-state index is -5.14. The van der Waals surface area contributed by atoms with Gasteiger partial charge in [-0.3, -0.25) is 4.79 Å². The summed E-state index contributed by atoms with van der Waals surface area (Å²) >= 11 is 6.40. The number of carbonyl (C=O) groups excluding carboxylic acids is 2. The van der Waals surface area contributed by atoms with Crippen molar-refractivity contribution in [3.8, 4) is 22.6 Å². The molecular formula is C27H22ClF4NO6. The fraction of sp³-hybridized carbons (Fsp3) is 0.259. The molecule has 1 heterocycles. The predicted octanol–water partition coefficient (Wildman–Crippen LogP) is 6.20. The van der Waals surface area contributed by atoms with Crippen molar-refractivity contribution in [3.05, 3.63) is 76.6 Å². The number of halogens is 5. The molecular weight excluding hydrogens is 546 g/mol. The van der Waals surface area contributed by atoms with Crippen LogP contribution in [0.25, 0.3) is 11.1 Å². The zero-order valence-corrected chi connectivity index (χ0v) is 21.6. The van der Waals surface area contributed by atoms with E-state index >= 15 is 0 Å². The maximum atomic E-state index is 14.5. The Morgan fingerprint density at radius 2 is 1.77 bits per heavy atom. The molecule has 0 bridgehead atoms. The molecule has 4 rings (SSSR count). The van der Waals surface area contributed by atoms with Crippen molar-refractivity contribution in [1.82, 2.24) is 0 Å². The van der Waals surface area contributed by atoms with Crippen LogP contribution in [0.3, 0.4) is 0 Å². The maximum Gasteiger partial charge on any atom is 0.513 e. The number of hydrogen-bond donors (Lipinski definition) is 1. The predicted molar refractivity (Wildman–Crippen MR) is 134 cm³/mol. The van der Waals surface area contributed by atoms with E-state index in [4.69, 9.17) is 21.1 Å². The Labute approximate surface area is 225 Å². The monoisotopic (exact) mass is 567 g/mol. The standard InChI is InChI=1S/C27H22ClF4NO6/c1-14(26(36,27(30,31)32)17-6-9-23-21(12-17)33(2)24(34)13-38-23)18-7-4-15(10-19(18)28)16-5-8-22(20(29)11-16)39-25(35)37-3/h4-12,14,36H,13H2,1-3H3. The van der Waals surface area contributed by atoms with Gasteiger partial charge in [-0.15, -0.1) is 0 Å². The van der Waals surface area contributed by atoms with Gasteiger partial charge in [-0.2, -0.15) is 13.2 Å². The third-order valence-corrected chi connectivity index (χ3v) is 6.96. The number of amides is 1. The van der Waals surface area contributed by atoms with Crippen LogP contribution in [0.2, 0.25) is 5.02 Å². The van der Waals surface area contributed by atoms with E-state index in [9.17, 15) is 32.3 Å². The summed E-state index contributed by atoms with van der Waals surface area (Å²) in [7, 11) is 2.47. The van der Waals surface area contributed by atoms with Gasteiger partial charge >= 0.3 is 12.3 Å². The van der Waals surface area contributed by atoms with Crippen molar-refractivity contribution in [2.24, 2.45) is 0 Å². The summed E-state index contributed by atoms with van der Waals surface area (Å²) in [6, 6.07) is 11.2. The van der Waals surface area contributed by atoms with Crippen LogP contribution in [0, 0.1) is 5.82 Å². The van der Waals surface area contributed by atoms with Crippen molar-refractivity contribution >= 4 is 29.4 Å². The lowest BCUT2D eigenvalue weighted by molar-refractivity contribution is -0.274. The largest absolute Gasteiger partial charge is 0.513 e. The fourth-order valence-electron chi connectivity index (χ4n) is 4.35. The van der Waals surface area contributed by atoms with Gasteiger partial charge in [0, 0.05) is 18.0 Å². The van der Waals surface area contributed by atoms with E-state index in [0.717, 1.165) is 30.2 Å². The van der Waals surface area contributed by atoms with Crippen LogP contribution in [0.15, 0.2) is 54.6 Å². The van der Waals surface area contributed by atoms with Crippen LogP contribution in [0.5, 0.6) is 11.5 Å². The highest BCUT2D eigenvalue weighted by atomic mass is 35.5. The number of aliphatic hydroxyl groups is 1. The first-order chi connectivity index (χ1) is 18.3. The summed E-state index contributed by atoms with van der Waals surface area (Å²) in [5, 5.41) is 11.1. The van der Waals surface area contributed by atoms with Crippen LogP contribution in [0.4, 0.5) is 28.0 Å². The van der Waals surface area contributed by atoms with Gasteiger partial charge in [0.05, 0.1) is 12.8 Å². The van der Waals surface area contributed by atoms with Gasteiger partial charge in [0.25, 0.3) is 5.91 Å². The van der Waals surface area contributed by atoms with Crippen molar-refractivity contribution in [1.29, 1.82) is 0 Å². The molecule has 0 spiro atoms. The average Bonchev–Trinajstić information content (AvgIpc) is 2.90. The Hall–Kier alpha value is -3.83. The number of ether oxygens (including phenoxy) is 3. The zero-order valence-electron chi connectivity index (χ0n) is 20.8. The fourth-order valence-corrected chi connectivity index (χ4v) is 4.69. The summed E-state index contributed by atoms with van der Waals surface area (Å²) in [4.78, 5) is 24.4. The molecule has 2 atom stereocenters. The van der Waals surface area contributed by atoms with E-state index in [1.165, 1.54) is 50.4 Å². The number of rotatable bonds is 5. The number of benzene rings is 3. The molecule has 12 heteroatoms. The number of fused-ring (bicyclic) bond motifs is 1. The highest BCUT2D eigenvalue weighted by molar-refractivity contribution is 6.31. The molecule has 3 aromatic rings. The second kappa shape index (κ2) is 10.4. The van der Waals surface area contributed by atoms with Crippen molar-refractivity contribution in [2.75, 3.05) is 25.7 Å². The topological polar surface area (TPSA) is 85.3 Å². The molecule has 206 valence electrons. The third kappa shape index (κ3) is 5.11. The van der Waals surface area contributed by atoms with Crippen molar-refractivity contribution < 1.29 is 46.5 Å². The van der Waals surface area contributed by atoms with Crippen molar-refractivity contribution in [2.45, 2.75) is 24.6 Å². The Balaban J connectivity index is 1.71. The highest BCUT2D eigenvalue weighted by Crippen LogP contribution is 2.51. The Morgan fingerprint density at radius 3 is 2.38 bits per heavy atom. The Morgan fingerprint density at radius 1 is 1.10 bits per heavy atom. The number of hydrogen-bond acceptors (Lipinski definition) is 6. The van der Waals surface area contributed by atoms with E-state index in [-0.39, 0.29) is 34.4 Å². The summed E-state index contributed by atoms with van der Waals surface area (Å²) < 4.78 is 72.3. The summed E-state index contributed by atoms with van der Waals surface area (Å²) in [5.41, 5.74) is -3.17. The van der Waals surface area contributed by atoms with Gasteiger partial charge in [0.1, 0.15) is 5.75 Å². The van der Waals surface area contributed by atoms with Gasteiger partial charge in [0.2, 0.25) is 0 Å². The third-order valence-electron chi connectivity index (χ3n) is 6.64. The van der Waals surface area contributed by atoms with E-state index in [2.05, 4.69) is 4.74 Å². The van der Waals surface area contributed by atoms with Gasteiger partial charge in [-0.1, -0.05) is 42.8 Å². The highest BCUT2D eigenvalue weighted by Gasteiger charge is 2.59. The number of alkyl halides is 3. The Bertz CT molecular complexity index is 1450. The molecule has 0 aliphatic carbocycles. The number of nitrogens with zero attached hydrogens (tertiary/aromatic N) is 1. The SMILES string of the molecule is COC(=O)Oc1ccc(-c2ccc(C(C)C(O)(c3ccc4c(c3)N(C)C(=O)CO4)C(F)(F)F)c(Cl)c2)cc1F. The smallest absolute Gasteiger partial charge is 0.482 e. The van der Waals surface area contributed by atoms with Crippen LogP contribution in [-0.4, -0.2) is 44.1 Å². The Kier molecular flexibility index (Phi) is 7.50. The lowest BCUT2D eigenvalue weighted by atomic mass is 9.77. The summed E-state index contributed by atoms with van der Waals surface area (Å²) in [6.45, 7) is 0.924. The van der Waals surface area contributed by atoms with Crippen LogP contribution in [0.1, 0.15) is 24.0 Å². The van der Waals surface area contributed by atoms with E-state index in [1.54, 1.807) is 0 Å². The molecule has 0 saturated carbocycles. The van der Waals surface area contributed by atoms with Crippen LogP contribution >= 0.6 is 11.6 Å². The molecule has 3 aromatic carbocycles.